The van der Waals surface area contributed by atoms with Gasteiger partial charge in [0.25, 0.3) is 0 Å². The second-order valence-corrected chi connectivity index (χ2v) is 5.20. The zero-order chi connectivity index (χ0) is 13.5. The average Bonchev–Trinajstić information content (AvgIpc) is 2.36. The number of aliphatic carboxylic acids is 1. The summed E-state index contributed by atoms with van der Waals surface area (Å²) in [6, 6.07) is 0. The number of carboxylic acids is 1. The summed E-state index contributed by atoms with van der Waals surface area (Å²) in [6.45, 7) is 2.56. The molecule has 0 aromatic carbocycles. The lowest BCUT2D eigenvalue weighted by Gasteiger charge is -2.27. The van der Waals surface area contributed by atoms with Crippen LogP contribution in [0, 0.1) is 17.8 Å². The SMILES string of the molecule is CC(CCO)CNC(=O)[C@@H]1CCCC[C@@H]1C(=O)O. The van der Waals surface area contributed by atoms with E-state index in [0.29, 0.717) is 25.8 Å². The van der Waals surface area contributed by atoms with Gasteiger partial charge in [-0.1, -0.05) is 19.8 Å². The maximum absolute atomic E-state index is 12.0. The minimum atomic E-state index is -0.863. The van der Waals surface area contributed by atoms with Crippen LogP contribution in [0.5, 0.6) is 0 Å². The largest absolute Gasteiger partial charge is 0.481 e. The van der Waals surface area contributed by atoms with Crippen LogP contribution in [-0.2, 0) is 9.59 Å². The lowest BCUT2D eigenvalue weighted by atomic mass is 9.78. The predicted molar refractivity (Wildman–Crippen MR) is 67.0 cm³/mol. The summed E-state index contributed by atoms with van der Waals surface area (Å²) < 4.78 is 0. The highest BCUT2D eigenvalue weighted by Gasteiger charge is 2.35. The summed E-state index contributed by atoms with van der Waals surface area (Å²) >= 11 is 0. The monoisotopic (exact) mass is 257 g/mol. The van der Waals surface area contributed by atoms with E-state index in [9.17, 15) is 9.59 Å². The summed E-state index contributed by atoms with van der Waals surface area (Å²) in [4.78, 5) is 23.1. The number of carbonyl (C=O) groups excluding carboxylic acids is 1. The first-order chi connectivity index (χ1) is 8.56. The minimum Gasteiger partial charge on any atom is -0.481 e. The molecule has 1 aliphatic rings. The summed E-state index contributed by atoms with van der Waals surface area (Å²) in [7, 11) is 0. The van der Waals surface area contributed by atoms with Crippen LogP contribution in [0.4, 0.5) is 0 Å². The van der Waals surface area contributed by atoms with Gasteiger partial charge in [0.05, 0.1) is 11.8 Å². The van der Waals surface area contributed by atoms with Gasteiger partial charge in [0, 0.05) is 13.2 Å². The Morgan fingerprint density at radius 1 is 1.28 bits per heavy atom. The van der Waals surface area contributed by atoms with E-state index in [1.165, 1.54) is 0 Å². The van der Waals surface area contributed by atoms with Crippen LogP contribution in [0.1, 0.15) is 39.0 Å². The highest BCUT2D eigenvalue weighted by atomic mass is 16.4. The second-order valence-electron chi connectivity index (χ2n) is 5.20. The third-order valence-corrected chi connectivity index (χ3v) is 3.67. The number of nitrogens with one attached hydrogen (secondary N) is 1. The van der Waals surface area contributed by atoms with Gasteiger partial charge in [0.15, 0.2) is 0 Å². The van der Waals surface area contributed by atoms with Crippen molar-refractivity contribution in [3.63, 3.8) is 0 Å². The molecule has 5 heteroatoms. The Labute approximate surface area is 108 Å². The maximum Gasteiger partial charge on any atom is 0.307 e. The molecule has 3 N–H and O–H groups in total. The lowest BCUT2D eigenvalue weighted by Crippen LogP contribution is -2.41. The van der Waals surface area contributed by atoms with Gasteiger partial charge in [0.1, 0.15) is 0 Å². The molecule has 0 saturated heterocycles. The van der Waals surface area contributed by atoms with Crippen LogP contribution < -0.4 is 5.32 Å². The van der Waals surface area contributed by atoms with Crippen LogP contribution in [-0.4, -0.2) is 35.2 Å². The van der Waals surface area contributed by atoms with Crippen molar-refractivity contribution in [2.24, 2.45) is 17.8 Å². The topological polar surface area (TPSA) is 86.6 Å². The molecule has 5 nitrogen and oxygen atoms in total. The van der Waals surface area contributed by atoms with Gasteiger partial charge in [0.2, 0.25) is 5.91 Å². The Morgan fingerprint density at radius 2 is 1.89 bits per heavy atom. The molecule has 1 fully saturated rings. The van der Waals surface area contributed by atoms with Crippen molar-refractivity contribution in [1.29, 1.82) is 0 Å². The van der Waals surface area contributed by atoms with Crippen molar-refractivity contribution in [1.82, 2.24) is 5.32 Å². The average molecular weight is 257 g/mol. The number of hydrogen-bond acceptors (Lipinski definition) is 3. The molecule has 1 rings (SSSR count). The van der Waals surface area contributed by atoms with Crippen LogP contribution >= 0.6 is 0 Å². The molecule has 104 valence electrons. The first-order valence-electron chi connectivity index (χ1n) is 6.67. The molecule has 3 atom stereocenters. The van der Waals surface area contributed by atoms with Crippen molar-refractivity contribution in [3.8, 4) is 0 Å². The molecular formula is C13H23NO4. The third kappa shape index (κ3) is 4.29. The molecule has 18 heavy (non-hydrogen) atoms. The number of aliphatic hydroxyl groups excluding tert-OH is 1. The van der Waals surface area contributed by atoms with Crippen molar-refractivity contribution in [2.45, 2.75) is 39.0 Å². The second kappa shape index (κ2) is 7.36. The summed E-state index contributed by atoms with van der Waals surface area (Å²) in [6.07, 6.45) is 3.72. The molecule has 0 radical (unpaired) electrons. The fourth-order valence-electron chi connectivity index (χ4n) is 2.47. The molecule has 1 saturated carbocycles. The Hall–Kier alpha value is -1.10. The highest BCUT2D eigenvalue weighted by molar-refractivity contribution is 5.84. The van der Waals surface area contributed by atoms with E-state index in [0.717, 1.165) is 12.8 Å². The highest BCUT2D eigenvalue weighted by Crippen LogP contribution is 2.30. The van der Waals surface area contributed by atoms with Crippen molar-refractivity contribution in [3.05, 3.63) is 0 Å². The van der Waals surface area contributed by atoms with Crippen LogP contribution in [0.25, 0.3) is 0 Å². The number of rotatable bonds is 6. The normalized spacial score (nSPS) is 25.4. The van der Waals surface area contributed by atoms with Gasteiger partial charge >= 0.3 is 5.97 Å². The molecule has 1 unspecified atom stereocenters. The number of amides is 1. The van der Waals surface area contributed by atoms with Gasteiger partial charge in [-0.2, -0.15) is 0 Å². The Bertz CT molecular complexity index is 293. The standard InChI is InChI=1S/C13H23NO4/c1-9(6-7-15)8-14-12(16)10-4-2-3-5-11(10)13(17)18/h9-11,15H,2-8H2,1H3,(H,14,16)(H,17,18)/t9?,10-,11+/m1/s1. The maximum atomic E-state index is 12.0. The quantitative estimate of drug-likeness (QED) is 0.663. The van der Waals surface area contributed by atoms with E-state index in [1.54, 1.807) is 0 Å². The zero-order valence-corrected chi connectivity index (χ0v) is 10.9. The summed E-state index contributed by atoms with van der Waals surface area (Å²) in [5.41, 5.74) is 0. The molecule has 0 aromatic heterocycles. The molecule has 0 spiro atoms. The minimum absolute atomic E-state index is 0.109. The van der Waals surface area contributed by atoms with Gasteiger partial charge in [-0.3, -0.25) is 9.59 Å². The van der Waals surface area contributed by atoms with Crippen molar-refractivity contribution in [2.75, 3.05) is 13.2 Å². The lowest BCUT2D eigenvalue weighted by molar-refractivity contribution is -0.148. The van der Waals surface area contributed by atoms with Crippen LogP contribution in [0.15, 0.2) is 0 Å². The first-order valence-corrected chi connectivity index (χ1v) is 6.67. The smallest absolute Gasteiger partial charge is 0.307 e. The Kier molecular flexibility index (Phi) is 6.12. The molecule has 1 aliphatic carbocycles. The van der Waals surface area contributed by atoms with Crippen molar-refractivity contribution < 1.29 is 19.8 Å². The van der Waals surface area contributed by atoms with E-state index >= 15 is 0 Å². The first kappa shape index (κ1) is 15.0. The molecule has 0 aromatic rings. The number of carboxylic acid groups (broad SMARTS) is 1. The number of aliphatic hydroxyl groups is 1. The van der Waals surface area contributed by atoms with Gasteiger partial charge in [-0.15, -0.1) is 0 Å². The molecule has 1 amide bonds. The molecule has 0 heterocycles. The molecule has 0 bridgehead atoms. The fourth-order valence-corrected chi connectivity index (χ4v) is 2.47. The molecule has 0 aliphatic heterocycles. The van der Waals surface area contributed by atoms with E-state index in [2.05, 4.69) is 5.32 Å². The van der Waals surface area contributed by atoms with Gasteiger partial charge in [-0.25, -0.2) is 0 Å². The molecular weight excluding hydrogens is 234 g/mol. The third-order valence-electron chi connectivity index (χ3n) is 3.67. The van der Waals surface area contributed by atoms with Crippen LogP contribution in [0.2, 0.25) is 0 Å². The predicted octanol–water partition coefficient (Wildman–Crippen LogP) is 1.01. The number of carbonyl (C=O) groups is 2. The van der Waals surface area contributed by atoms with E-state index < -0.39 is 17.8 Å². The summed E-state index contributed by atoms with van der Waals surface area (Å²) in [5, 5.41) is 20.7. The Morgan fingerprint density at radius 3 is 2.44 bits per heavy atom. The van der Waals surface area contributed by atoms with Gasteiger partial charge in [-0.05, 0) is 25.2 Å². The van der Waals surface area contributed by atoms with Crippen molar-refractivity contribution >= 4 is 11.9 Å². The van der Waals surface area contributed by atoms with Crippen LogP contribution in [0.3, 0.4) is 0 Å². The van der Waals surface area contributed by atoms with E-state index in [4.69, 9.17) is 10.2 Å². The Balaban J connectivity index is 2.45. The zero-order valence-electron chi connectivity index (χ0n) is 10.9. The van der Waals surface area contributed by atoms with E-state index in [-0.39, 0.29) is 18.4 Å². The summed E-state index contributed by atoms with van der Waals surface area (Å²) in [5.74, 6) is -1.72. The van der Waals surface area contributed by atoms with Gasteiger partial charge < -0.3 is 15.5 Å². The fraction of sp³-hybridized carbons (Fsp3) is 0.846. The van der Waals surface area contributed by atoms with E-state index in [1.807, 2.05) is 6.92 Å². The number of hydrogen-bond donors (Lipinski definition) is 3.